The second-order valence-corrected chi connectivity index (χ2v) is 5.74. The van der Waals surface area contributed by atoms with Crippen LogP contribution in [0.25, 0.3) is 10.4 Å². The molecule has 4 heteroatoms. The van der Waals surface area contributed by atoms with E-state index < -0.39 is 11.6 Å². The SMILES string of the molecule is CC1CNCc2cc(-c3ccc(F)c(F)c3)sc21. The van der Waals surface area contributed by atoms with Gasteiger partial charge in [0.05, 0.1) is 0 Å². The first-order chi connectivity index (χ1) is 8.65. The third kappa shape index (κ3) is 1.95. The molecule has 0 amide bonds. The summed E-state index contributed by atoms with van der Waals surface area (Å²) in [7, 11) is 0. The van der Waals surface area contributed by atoms with Crippen molar-refractivity contribution in [2.24, 2.45) is 0 Å². The van der Waals surface area contributed by atoms with Gasteiger partial charge in [-0.3, -0.25) is 0 Å². The summed E-state index contributed by atoms with van der Waals surface area (Å²) < 4.78 is 26.2. The molecule has 0 saturated carbocycles. The molecule has 1 aliphatic rings. The third-order valence-corrected chi connectivity index (χ3v) is 4.72. The molecule has 1 N–H and O–H groups in total. The van der Waals surface area contributed by atoms with Crippen LogP contribution < -0.4 is 5.32 Å². The largest absolute Gasteiger partial charge is 0.312 e. The zero-order chi connectivity index (χ0) is 12.7. The molecule has 0 fully saturated rings. The van der Waals surface area contributed by atoms with Crippen molar-refractivity contribution in [2.75, 3.05) is 6.54 Å². The fourth-order valence-electron chi connectivity index (χ4n) is 2.31. The first-order valence-corrected chi connectivity index (χ1v) is 6.75. The maximum atomic E-state index is 13.2. The minimum Gasteiger partial charge on any atom is -0.312 e. The highest BCUT2D eigenvalue weighted by molar-refractivity contribution is 7.15. The van der Waals surface area contributed by atoms with Crippen molar-refractivity contribution in [1.29, 1.82) is 0 Å². The van der Waals surface area contributed by atoms with E-state index >= 15 is 0 Å². The molecule has 1 unspecified atom stereocenters. The second-order valence-electron chi connectivity index (χ2n) is 4.66. The summed E-state index contributed by atoms with van der Waals surface area (Å²) in [4.78, 5) is 2.36. The lowest BCUT2D eigenvalue weighted by Gasteiger charge is -2.18. The Kier molecular flexibility index (Phi) is 2.92. The molecule has 0 aliphatic carbocycles. The Hall–Kier alpha value is -1.26. The summed E-state index contributed by atoms with van der Waals surface area (Å²) in [5.74, 6) is -1.10. The van der Waals surface area contributed by atoms with Gasteiger partial charge in [-0.15, -0.1) is 11.3 Å². The number of hydrogen-bond acceptors (Lipinski definition) is 2. The lowest BCUT2D eigenvalue weighted by molar-refractivity contribution is 0.509. The molecule has 0 bridgehead atoms. The van der Waals surface area contributed by atoms with Gasteiger partial charge in [0.25, 0.3) is 0 Å². The predicted molar refractivity (Wildman–Crippen MR) is 69.8 cm³/mol. The van der Waals surface area contributed by atoms with Crippen molar-refractivity contribution in [1.82, 2.24) is 5.32 Å². The highest BCUT2D eigenvalue weighted by atomic mass is 32.1. The fourth-order valence-corrected chi connectivity index (χ4v) is 3.54. The van der Waals surface area contributed by atoms with Crippen LogP contribution in [-0.2, 0) is 6.54 Å². The normalized spacial score (nSPS) is 18.7. The van der Waals surface area contributed by atoms with Crippen LogP contribution in [0.5, 0.6) is 0 Å². The smallest absolute Gasteiger partial charge is 0.159 e. The van der Waals surface area contributed by atoms with Crippen LogP contribution in [0.2, 0.25) is 0 Å². The molecule has 0 saturated heterocycles. The van der Waals surface area contributed by atoms with Gasteiger partial charge in [0.15, 0.2) is 11.6 Å². The van der Waals surface area contributed by atoms with Crippen molar-refractivity contribution in [3.8, 4) is 10.4 Å². The highest BCUT2D eigenvalue weighted by Gasteiger charge is 2.20. The molecule has 1 aliphatic heterocycles. The Bertz CT molecular complexity index is 591. The number of fused-ring (bicyclic) bond motifs is 1. The number of nitrogens with one attached hydrogen (secondary N) is 1. The molecule has 1 aromatic heterocycles. The molecular formula is C14H13F2NS. The van der Waals surface area contributed by atoms with Crippen molar-refractivity contribution >= 4 is 11.3 Å². The number of hydrogen-bond donors (Lipinski definition) is 1. The van der Waals surface area contributed by atoms with Crippen LogP contribution in [-0.4, -0.2) is 6.54 Å². The van der Waals surface area contributed by atoms with E-state index in [9.17, 15) is 8.78 Å². The Labute approximate surface area is 108 Å². The summed E-state index contributed by atoms with van der Waals surface area (Å²) >= 11 is 1.68. The van der Waals surface area contributed by atoms with Crippen LogP contribution in [0.3, 0.4) is 0 Å². The van der Waals surface area contributed by atoms with E-state index in [1.807, 2.05) is 0 Å². The van der Waals surface area contributed by atoms with E-state index in [1.165, 1.54) is 22.6 Å². The summed E-state index contributed by atoms with van der Waals surface area (Å²) in [5.41, 5.74) is 2.03. The number of rotatable bonds is 1. The summed E-state index contributed by atoms with van der Waals surface area (Å²) in [6.07, 6.45) is 0. The van der Waals surface area contributed by atoms with Gasteiger partial charge in [0.2, 0.25) is 0 Å². The number of halogens is 2. The zero-order valence-corrected chi connectivity index (χ0v) is 10.8. The van der Waals surface area contributed by atoms with E-state index in [4.69, 9.17) is 0 Å². The van der Waals surface area contributed by atoms with Crippen molar-refractivity contribution in [3.63, 3.8) is 0 Å². The van der Waals surface area contributed by atoms with Gasteiger partial charge in [-0.05, 0) is 29.3 Å². The summed E-state index contributed by atoms with van der Waals surface area (Å²) in [6.45, 7) is 4.01. The van der Waals surface area contributed by atoms with Gasteiger partial charge < -0.3 is 5.32 Å². The molecule has 1 atom stereocenters. The molecule has 2 heterocycles. The van der Waals surface area contributed by atoms with Crippen LogP contribution in [0.4, 0.5) is 8.78 Å². The maximum Gasteiger partial charge on any atom is 0.159 e. The quantitative estimate of drug-likeness (QED) is 0.824. The standard InChI is InChI=1S/C14H13F2NS/c1-8-6-17-7-10-5-13(18-14(8)10)9-2-3-11(15)12(16)4-9/h2-5,8,17H,6-7H2,1H3. The van der Waals surface area contributed by atoms with Gasteiger partial charge in [0.1, 0.15) is 0 Å². The monoisotopic (exact) mass is 265 g/mol. The lowest BCUT2D eigenvalue weighted by atomic mass is 10.0. The van der Waals surface area contributed by atoms with E-state index in [0.717, 1.165) is 23.5 Å². The second kappa shape index (κ2) is 4.44. The van der Waals surface area contributed by atoms with Crippen molar-refractivity contribution in [2.45, 2.75) is 19.4 Å². The first-order valence-electron chi connectivity index (χ1n) is 5.94. The van der Waals surface area contributed by atoms with Crippen LogP contribution in [0.1, 0.15) is 23.3 Å². The Balaban J connectivity index is 2.04. The minimum atomic E-state index is -0.796. The van der Waals surface area contributed by atoms with E-state index in [-0.39, 0.29) is 0 Å². The lowest BCUT2D eigenvalue weighted by Crippen LogP contribution is -2.24. The summed E-state index contributed by atoms with van der Waals surface area (Å²) in [6, 6.07) is 6.17. The molecule has 0 spiro atoms. The topological polar surface area (TPSA) is 12.0 Å². The van der Waals surface area contributed by atoms with Crippen LogP contribution in [0, 0.1) is 11.6 Å². The molecular weight excluding hydrogens is 252 g/mol. The molecule has 0 radical (unpaired) electrons. The molecule has 94 valence electrons. The maximum absolute atomic E-state index is 13.2. The van der Waals surface area contributed by atoms with E-state index in [2.05, 4.69) is 18.3 Å². The van der Waals surface area contributed by atoms with E-state index in [0.29, 0.717) is 5.92 Å². The first kappa shape index (κ1) is 11.8. The van der Waals surface area contributed by atoms with Gasteiger partial charge >= 0.3 is 0 Å². The average molecular weight is 265 g/mol. The summed E-state index contributed by atoms with van der Waals surface area (Å²) in [5, 5.41) is 3.35. The van der Waals surface area contributed by atoms with Crippen molar-refractivity contribution < 1.29 is 8.78 Å². The Morgan fingerprint density at radius 2 is 2.06 bits per heavy atom. The molecule has 2 aromatic rings. The third-order valence-electron chi connectivity index (χ3n) is 3.26. The molecule has 18 heavy (non-hydrogen) atoms. The zero-order valence-electron chi connectivity index (χ0n) is 9.97. The average Bonchev–Trinajstić information content (AvgIpc) is 2.78. The van der Waals surface area contributed by atoms with Crippen molar-refractivity contribution in [3.05, 3.63) is 46.3 Å². The van der Waals surface area contributed by atoms with Gasteiger partial charge in [-0.1, -0.05) is 13.0 Å². The van der Waals surface area contributed by atoms with Gasteiger partial charge in [-0.2, -0.15) is 0 Å². The van der Waals surface area contributed by atoms with E-state index in [1.54, 1.807) is 17.4 Å². The predicted octanol–water partition coefficient (Wildman–Crippen LogP) is 3.90. The van der Waals surface area contributed by atoms with Crippen LogP contribution in [0.15, 0.2) is 24.3 Å². The minimum absolute atomic E-state index is 0.484. The number of thiophene rings is 1. The van der Waals surface area contributed by atoms with Gasteiger partial charge in [0, 0.05) is 28.8 Å². The van der Waals surface area contributed by atoms with Crippen LogP contribution >= 0.6 is 11.3 Å². The Morgan fingerprint density at radius 1 is 1.22 bits per heavy atom. The molecule has 1 aromatic carbocycles. The Morgan fingerprint density at radius 3 is 2.78 bits per heavy atom. The molecule has 1 nitrogen and oxygen atoms in total. The molecule has 3 rings (SSSR count). The fraction of sp³-hybridized carbons (Fsp3) is 0.286. The highest BCUT2D eigenvalue weighted by Crippen LogP contribution is 2.37. The number of benzene rings is 1. The van der Waals surface area contributed by atoms with Gasteiger partial charge in [-0.25, -0.2) is 8.78 Å².